The standard InChI is InChI=1S/C23H24F2S/c1-14-17(8-4-7-16-5-3-6-16)9-11-20(23(14)25)22-15(2)26-21-13-18(24)10-12-19(21)22/h9-13,16H,3-8H2,1-2H3. The number of hydrogen-bond acceptors (Lipinski definition) is 1. The Kier molecular flexibility index (Phi) is 4.83. The van der Waals surface area contributed by atoms with Gasteiger partial charge in [0.25, 0.3) is 0 Å². The summed E-state index contributed by atoms with van der Waals surface area (Å²) in [6.45, 7) is 3.88. The Morgan fingerprint density at radius 1 is 1.08 bits per heavy atom. The zero-order chi connectivity index (χ0) is 18.3. The van der Waals surface area contributed by atoms with E-state index < -0.39 is 0 Å². The molecule has 0 bridgehead atoms. The van der Waals surface area contributed by atoms with E-state index in [1.165, 1.54) is 49.2 Å². The largest absolute Gasteiger partial charge is 0.207 e. The fourth-order valence-electron chi connectivity index (χ4n) is 4.08. The van der Waals surface area contributed by atoms with Gasteiger partial charge in [-0.15, -0.1) is 11.3 Å². The summed E-state index contributed by atoms with van der Waals surface area (Å²) in [7, 11) is 0. The van der Waals surface area contributed by atoms with Crippen LogP contribution in [0.2, 0.25) is 0 Å². The fourth-order valence-corrected chi connectivity index (χ4v) is 5.18. The van der Waals surface area contributed by atoms with Crippen LogP contribution in [0.25, 0.3) is 21.2 Å². The van der Waals surface area contributed by atoms with E-state index in [4.69, 9.17) is 0 Å². The predicted octanol–water partition coefficient (Wildman–Crippen LogP) is 7.59. The molecule has 2 aromatic carbocycles. The van der Waals surface area contributed by atoms with Crippen LogP contribution < -0.4 is 0 Å². The summed E-state index contributed by atoms with van der Waals surface area (Å²) in [4.78, 5) is 1.03. The van der Waals surface area contributed by atoms with Gasteiger partial charge in [-0.2, -0.15) is 0 Å². The minimum atomic E-state index is -0.247. The van der Waals surface area contributed by atoms with E-state index >= 15 is 4.39 Å². The predicted molar refractivity (Wildman–Crippen MR) is 107 cm³/mol. The van der Waals surface area contributed by atoms with E-state index in [1.54, 1.807) is 6.07 Å². The second kappa shape index (κ2) is 7.11. The van der Waals surface area contributed by atoms with E-state index in [0.717, 1.165) is 50.4 Å². The first-order valence-corrected chi connectivity index (χ1v) is 10.3. The lowest BCUT2D eigenvalue weighted by Crippen LogP contribution is -2.10. The average Bonchev–Trinajstić information content (AvgIpc) is 2.88. The Labute approximate surface area is 157 Å². The molecular formula is C23H24F2S. The number of rotatable bonds is 5. The molecule has 1 fully saturated rings. The van der Waals surface area contributed by atoms with E-state index in [1.807, 2.05) is 19.9 Å². The van der Waals surface area contributed by atoms with Gasteiger partial charge in [0.2, 0.25) is 0 Å². The molecule has 26 heavy (non-hydrogen) atoms. The third-order valence-electron chi connectivity index (χ3n) is 5.88. The number of hydrogen-bond donors (Lipinski definition) is 0. The van der Waals surface area contributed by atoms with Crippen LogP contribution in [0.4, 0.5) is 8.78 Å². The van der Waals surface area contributed by atoms with Crippen molar-refractivity contribution < 1.29 is 8.78 Å². The topological polar surface area (TPSA) is 0 Å². The molecule has 0 aliphatic heterocycles. The van der Waals surface area contributed by atoms with E-state index in [0.29, 0.717) is 5.56 Å². The van der Waals surface area contributed by atoms with Crippen LogP contribution in [0.3, 0.4) is 0 Å². The van der Waals surface area contributed by atoms with Crippen LogP contribution in [-0.4, -0.2) is 0 Å². The fraction of sp³-hybridized carbons (Fsp3) is 0.391. The van der Waals surface area contributed by atoms with Gasteiger partial charge in [-0.25, -0.2) is 8.78 Å². The third-order valence-corrected chi connectivity index (χ3v) is 6.95. The Morgan fingerprint density at radius 3 is 2.62 bits per heavy atom. The smallest absolute Gasteiger partial charge is 0.134 e. The molecule has 0 amide bonds. The molecular weight excluding hydrogens is 346 g/mol. The lowest BCUT2D eigenvalue weighted by molar-refractivity contribution is 0.290. The second-order valence-corrected chi connectivity index (χ2v) is 8.83. The number of halogens is 2. The van der Waals surface area contributed by atoms with Crippen LogP contribution in [0.1, 0.15) is 48.1 Å². The molecule has 1 aliphatic carbocycles. The first kappa shape index (κ1) is 17.7. The molecule has 0 nitrogen and oxygen atoms in total. The Bertz CT molecular complexity index is 950. The summed E-state index contributed by atoms with van der Waals surface area (Å²) in [5.74, 6) is 0.529. The van der Waals surface area contributed by atoms with E-state index in [2.05, 4.69) is 6.07 Å². The highest BCUT2D eigenvalue weighted by Crippen LogP contribution is 2.40. The Balaban J connectivity index is 1.65. The highest BCUT2D eigenvalue weighted by Gasteiger charge is 2.19. The van der Waals surface area contributed by atoms with Crippen molar-refractivity contribution in [1.82, 2.24) is 0 Å². The molecule has 1 aliphatic rings. The monoisotopic (exact) mass is 370 g/mol. The molecule has 1 saturated carbocycles. The summed E-state index contributed by atoms with van der Waals surface area (Å²) in [5, 5.41) is 0.935. The highest BCUT2D eigenvalue weighted by atomic mass is 32.1. The van der Waals surface area contributed by atoms with E-state index in [9.17, 15) is 4.39 Å². The van der Waals surface area contributed by atoms with Gasteiger partial charge in [-0.05, 0) is 61.9 Å². The molecule has 0 saturated heterocycles. The quantitative estimate of drug-likeness (QED) is 0.434. The average molecular weight is 371 g/mol. The van der Waals surface area contributed by atoms with Crippen molar-refractivity contribution >= 4 is 21.4 Å². The van der Waals surface area contributed by atoms with E-state index in [-0.39, 0.29) is 11.6 Å². The zero-order valence-electron chi connectivity index (χ0n) is 15.4. The van der Waals surface area contributed by atoms with Crippen molar-refractivity contribution in [2.45, 2.75) is 52.4 Å². The normalized spacial score (nSPS) is 14.8. The molecule has 0 radical (unpaired) electrons. The summed E-state index contributed by atoms with van der Waals surface area (Å²) in [6, 6.07) is 8.76. The molecule has 136 valence electrons. The first-order chi connectivity index (χ1) is 12.5. The van der Waals surface area contributed by atoms with Gasteiger partial charge >= 0.3 is 0 Å². The summed E-state index contributed by atoms with van der Waals surface area (Å²) < 4.78 is 29.6. The van der Waals surface area contributed by atoms with Gasteiger partial charge in [0.1, 0.15) is 11.6 Å². The number of fused-ring (bicyclic) bond motifs is 1. The summed E-state index contributed by atoms with van der Waals surface area (Å²) in [5.41, 5.74) is 3.43. The van der Waals surface area contributed by atoms with Crippen molar-refractivity contribution in [2.75, 3.05) is 0 Å². The molecule has 0 spiro atoms. The van der Waals surface area contributed by atoms with Gasteiger partial charge in [0.05, 0.1) is 0 Å². The van der Waals surface area contributed by atoms with Crippen molar-refractivity contribution in [3.8, 4) is 11.1 Å². The van der Waals surface area contributed by atoms with Crippen molar-refractivity contribution in [1.29, 1.82) is 0 Å². The third kappa shape index (κ3) is 3.18. The van der Waals surface area contributed by atoms with Gasteiger partial charge < -0.3 is 0 Å². The van der Waals surface area contributed by atoms with Gasteiger partial charge in [-0.3, -0.25) is 0 Å². The maximum absolute atomic E-state index is 15.2. The molecule has 0 unspecified atom stereocenters. The second-order valence-electron chi connectivity index (χ2n) is 7.57. The maximum Gasteiger partial charge on any atom is 0.134 e. The molecule has 1 aromatic heterocycles. The van der Waals surface area contributed by atoms with Crippen LogP contribution in [0.15, 0.2) is 30.3 Å². The van der Waals surface area contributed by atoms with Crippen LogP contribution in [0.5, 0.6) is 0 Å². The van der Waals surface area contributed by atoms with Crippen LogP contribution in [-0.2, 0) is 6.42 Å². The highest BCUT2D eigenvalue weighted by molar-refractivity contribution is 7.19. The maximum atomic E-state index is 15.2. The SMILES string of the molecule is Cc1sc2cc(F)ccc2c1-c1ccc(CCCC2CCC2)c(C)c1F. The zero-order valence-corrected chi connectivity index (χ0v) is 16.2. The molecule has 3 aromatic rings. The number of thiophene rings is 1. The number of benzene rings is 2. The van der Waals surface area contributed by atoms with Crippen molar-refractivity contribution in [3.63, 3.8) is 0 Å². The molecule has 0 atom stereocenters. The summed E-state index contributed by atoms with van der Waals surface area (Å²) >= 11 is 1.53. The first-order valence-electron chi connectivity index (χ1n) is 9.51. The van der Waals surface area contributed by atoms with Crippen LogP contribution >= 0.6 is 11.3 Å². The molecule has 4 rings (SSSR count). The molecule has 0 N–H and O–H groups in total. The van der Waals surface area contributed by atoms with Crippen molar-refractivity contribution in [2.24, 2.45) is 5.92 Å². The Hall–Kier alpha value is -1.74. The molecule has 1 heterocycles. The minimum Gasteiger partial charge on any atom is -0.207 e. The minimum absolute atomic E-state index is 0.127. The molecule has 3 heteroatoms. The summed E-state index contributed by atoms with van der Waals surface area (Å²) in [6.07, 6.45) is 7.49. The number of aryl methyl sites for hydroxylation is 2. The van der Waals surface area contributed by atoms with Gasteiger partial charge in [0, 0.05) is 26.1 Å². The lowest BCUT2D eigenvalue weighted by Gasteiger charge is -2.25. The van der Waals surface area contributed by atoms with Crippen molar-refractivity contribution in [3.05, 3.63) is 58.0 Å². The lowest BCUT2D eigenvalue weighted by atomic mass is 9.81. The van der Waals surface area contributed by atoms with Gasteiger partial charge in [0.15, 0.2) is 0 Å². The van der Waals surface area contributed by atoms with Crippen LogP contribution in [0, 0.1) is 31.4 Å². The van der Waals surface area contributed by atoms with Gasteiger partial charge in [-0.1, -0.05) is 37.8 Å². The Morgan fingerprint density at radius 2 is 1.88 bits per heavy atom.